The lowest BCUT2D eigenvalue weighted by Crippen LogP contribution is -2.34. The Bertz CT molecular complexity index is 1330. The van der Waals surface area contributed by atoms with Gasteiger partial charge in [0.05, 0.1) is 0 Å². The van der Waals surface area contributed by atoms with Crippen molar-refractivity contribution in [2.45, 2.75) is 26.4 Å². The number of amides is 1. The number of nitrogens with zero attached hydrogens (tertiary/aromatic N) is 2. The van der Waals surface area contributed by atoms with Gasteiger partial charge in [-0.15, -0.1) is 0 Å². The fourth-order valence-electron chi connectivity index (χ4n) is 3.61. The van der Waals surface area contributed by atoms with Crippen LogP contribution < -0.4 is 21.3 Å². The third kappa shape index (κ3) is 5.20. The quantitative estimate of drug-likeness (QED) is 0.442. The van der Waals surface area contributed by atoms with Crippen molar-refractivity contribution in [1.82, 2.24) is 9.55 Å². The predicted octanol–water partition coefficient (Wildman–Crippen LogP) is 4.40. The van der Waals surface area contributed by atoms with E-state index in [0.717, 1.165) is 16.5 Å². The molecular formula is C26H26N4O3. The Balaban J connectivity index is 1.52. The van der Waals surface area contributed by atoms with Crippen LogP contribution in [0.15, 0.2) is 83.9 Å². The van der Waals surface area contributed by atoms with Gasteiger partial charge in [-0.05, 0) is 66.3 Å². The second-order valence-corrected chi connectivity index (χ2v) is 8.26. The van der Waals surface area contributed by atoms with Gasteiger partial charge in [-0.25, -0.2) is 4.98 Å². The second-order valence-electron chi connectivity index (χ2n) is 8.26. The maximum absolute atomic E-state index is 13.1. The molecule has 0 fully saturated rings. The first-order valence-corrected chi connectivity index (χ1v) is 10.8. The molecule has 0 bridgehead atoms. The van der Waals surface area contributed by atoms with Crippen LogP contribution in [0.1, 0.15) is 20.3 Å². The largest absolute Gasteiger partial charge is 0.481 e. The highest BCUT2D eigenvalue weighted by molar-refractivity contribution is 5.95. The topological polar surface area (TPSA) is 99.2 Å². The van der Waals surface area contributed by atoms with E-state index in [4.69, 9.17) is 10.5 Å². The number of carbonyl (C=O) groups excluding carboxylic acids is 1. The monoisotopic (exact) mass is 442 g/mol. The van der Waals surface area contributed by atoms with Gasteiger partial charge < -0.3 is 15.8 Å². The minimum atomic E-state index is -0.684. The van der Waals surface area contributed by atoms with Crippen LogP contribution in [0.2, 0.25) is 0 Å². The maximum atomic E-state index is 13.1. The summed E-state index contributed by atoms with van der Waals surface area (Å²) in [5.41, 5.74) is 7.22. The number of pyridine rings is 2. The average Bonchev–Trinajstić information content (AvgIpc) is 2.80. The maximum Gasteiger partial charge on any atom is 0.265 e. The summed E-state index contributed by atoms with van der Waals surface area (Å²) in [6.45, 7) is 4.08. The van der Waals surface area contributed by atoms with Crippen LogP contribution in [-0.4, -0.2) is 21.6 Å². The van der Waals surface area contributed by atoms with Crippen molar-refractivity contribution in [3.8, 4) is 11.4 Å². The van der Waals surface area contributed by atoms with Crippen molar-refractivity contribution >= 4 is 28.2 Å². The zero-order valence-corrected chi connectivity index (χ0v) is 18.6. The van der Waals surface area contributed by atoms with Gasteiger partial charge in [0.1, 0.15) is 11.6 Å². The molecular weight excluding hydrogens is 416 g/mol. The van der Waals surface area contributed by atoms with E-state index in [1.54, 1.807) is 48.8 Å². The first-order chi connectivity index (χ1) is 15.9. The molecule has 0 aliphatic heterocycles. The Hall–Kier alpha value is -4.13. The van der Waals surface area contributed by atoms with Gasteiger partial charge in [0.15, 0.2) is 6.10 Å². The number of nitrogen functional groups attached to an aromatic ring is 1. The van der Waals surface area contributed by atoms with Crippen molar-refractivity contribution in [3.05, 3.63) is 89.5 Å². The summed E-state index contributed by atoms with van der Waals surface area (Å²) in [7, 11) is 0. The summed E-state index contributed by atoms with van der Waals surface area (Å²) in [6.07, 6.45) is 3.22. The van der Waals surface area contributed by atoms with E-state index < -0.39 is 6.10 Å². The summed E-state index contributed by atoms with van der Waals surface area (Å²) in [4.78, 5) is 29.2. The number of fused-ring (bicyclic) bond motifs is 1. The number of ether oxygens (including phenoxy) is 1. The van der Waals surface area contributed by atoms with Crippen molar-refractivity contribution in [1.29, 1.82) is 0 Å². The highest BCUT2D eigenvalue weighted by Crippen LogP contribution is 2.26. The molecule has 7 heteroatoms. The minimum absolute atomic E-state index is 0.120. The normalized spacial score (nSPS) is 12.0. The molecule has 33 heavy (non-hydrogen) atoms. The van der Waals surface area contributed by atoms with Gasteiger partial charge in [-0.2, -0.15) is 0 Å². The fraction of sp³-hybridized carbons (Fsp3) is 0.192. The summed E-state index contributed by atoms with van der Waals surface area (Å²) < 4.78 is 7.63. The molecule has 1 amide bonds. The van der Waals surface area contributed by atoms with Gasteiger partial charge in [-0.1, -0.05) is 26.0 Å². The molecule has 7 nitrogen and oxygen atoms in total. The summed E-state index contributed by atoms with van der Waals surface area (Å²) >= 11 is 0. The molecule has 2 heterocycles. The summed E-state index contributed by atoms with van der Waals surface area (Å²) in [5, 5.41) is 4.66. The smallest absolute Gasteiger partial charge is 0.265 e. The van der Waals surface area contributed by atoms with E-state index >= 15 is 0 Å². The van der Waals surface area contributed by atoms with E-state index in [2.05, 4.69) is 10.3 Å². The highest BCUT2D eigenvalue weighted by Gasteiger charge is 2.22. The molecule has 0 aliphatic rings. The lowest BCUT2D eigenvalue weighted by atomic mass is 10.0. The molecule has 2 aromatic heterocycles. The van der Waals surface area contributed by atoms with E-state index in [0.29, 0.717) is 23.7 Å². The second kappa shape index (κ2) is 9.56. The third-order valence-corrected chi connectivity index (χ3v) is 5.26. The molecule has 168 valence electrons. The molecule has 4 aromatic rings. The zero-order chi connectivity index (χ0) is 23.4. The summed E-state index contributed by atoms with van der Waals surface area (Å²) in [6, 6.07) is 19.5. The first-order valence-electron chi connectivity index (χ1n) is 10.8. The molecule has 0 spiro atoms. The number of benzene rings is 2. The molecule has 3 N–H and O–H groups in total. The van der Waals surface area contributed by atoms with Crippen LogP contribution >= 0.6 is 0 Å². The lowest BCUT2D eigenvalue weighted by Gasteiger charge is -2.21. The average molecular weight is 443 g/mol. The fourth-order valence-corrected chi connectivity index (χ4v) is 3.61. The van der Waals surface area contributed by atoms with Crippen molar-refractivity contribution in [2.75, 3.05) is 11.1 Å². The van der Waals surface area contributed by atoms with Gasteiger partial charge >= 0.3 is 0 Å². The van der Waals surface area contributed by atoms with Crippen LogP contribution in [0.3, 0.4) is 0 Å². The minimum Gasteiger partial charge on any atom is -0.481 e. The van der Waals surface area contributed by atoms with E-state index in [9.17, 15) is 9.59 Å². The van der Waals surface area contributed by atoms with Crippen molar-refractivity contribution in [3.63, 3.8) is 0 Å². The van der Waals surface area contributed by atoms with Crippen LogP contribution in [0.4, 0.5) is 11.5 Å². The standard InChI is InChI=1S/C26H26N4O3/c1-17(2)15-23(33-21-11-6-18-12-13-28-25(27)22(18)16-21)26(32)29-19-7-9-20(10-8-19)30-14-4-3-5-24(30)31/h3-14,16-17,23H,15H2,1-2H3,(H2,27,28)(H,29,32). The number of anilines is 2. The van der Waals surface area contributed by atoms with Gasteiger partial charge in [0.25, 0.3) is 11.5 Å². The van der Waals surface area contributed by atoms with Crippen LogP contribution in [0, 0.1) is 5.92 Å². The number of carbonyl (C=O) groups is 1. The molecule has 1 atom stereocenters. The van der Waals surface area contributed by atoms with Gasteiger partial charge in [0.2, 0.25) is 0 Å². The molecule has 4 rings (SSSR count). The SMILES string of the molecule is CC(C)CC(Oc1ccc2ccnc(N)c2c1)C(=O)Nc1ccc(-n2ccccc2=O)cc1. The van der Waals surface area contributed by atoms with E-state index in [1.165, 1.54) is 10.6 Å². The Morgan fingerprint density at radius 3 is 2.61 bits per heavy atom. The van der Waals surface area contributed by atoms with E-state index in [1.807, 2.05) is 38.1 Å². The number of nitrogens with two attached hydrogens (primary N) is 1. The molecule has 0 radical (unpaired) electrons. The van der Waals surface area contributed by atoms with Crippen LogP contribution in [0.5, 0.6) is 5.75 Å². The predicted molar refractivity (Wildman–Crippen MR) is 131 cm³/mol. The number of hydrogen-bond acceptors (Lipinski definition) is 5. The number of nitrogens with one attached hydrogen (secondary N) is 1. The molecule has 0 saturated carbocycles. The van der Waals surface area contributed by atoms with Gasteiger partial charge in [0, 0.05) is 35.2 Å². The summed E-state index contributed by atoms with van der Waals surface area (Å²) in [5.74, 6) is 0.982. The van der Waals surface area contributed by atoms with Crippen LogP contribution in [-0.2, 0) is 4.79 Å². The Labute approximate surface area is 191 Å². The van der Waals surface area contributed by atoms with Gasteiger partial charge in [-0.3, -0.25) is 14.2 Å². The highest BCUT2D eigenvalue weighted by atomic mass is 16.5. The Morgan fingerprint density at radius 1 is 1.09 bits per heavy atom. The van der Waals surface area contributed by atoms with Crippen molar-refractivity contribution in [2.24, 2.45) is 5.92 Å². The molecule has 2 aromatic carbocycles. The molecule has 0 saturated heterocycles. The molecule has 1 unspecified atom stereocenters. The Morgan fingerprint density at radius 2 is 1.88 bits per heavy atom. The number of aromatic nitrogens is 2. The zero-order valence-electron chi connectivity index (χ0n) is 18.6. The van der Waals surface area contributed by atoms with E-state index in [-0.39, 0.29) is 17.4 Å². The Kier molecular flexibility index (Phi) is 6.40. The number of hydrogen-bond donors (Lipinski definition) is 2. The van der Waals surface area contributed by atoms with Crippen molar-refractivity contribution < 1.29 is 9.53 Å². The number of rotatable bonds is 7. The van der Waals surface area contributed by atoms with Crippen LogP contribution in [0.25, 0.3) is 16.5 Å². The third-order valence-electron chi connectivity index (χ3n) is 5.26. The molecule has 0 aliphatic carbocycles. The lowest BCUT2D eigenvalue weighted by molar-refractivity contribution is -0.123. The first kappa shape index (κ1) is 22.1.